The van der Waals surface area contributed by atoms with Gasteiger partial charge in [-0.2, -0.15) is 4.31 Å². The Kier molecular flexibility index (Phi) is 5.35. The van der Waals surface area contributed by atoms with Crippen LogP contribution in [-0.2, 0) is 16.6 Å². The van der Waals surface area contributed by atoms with Gasteiger partial charge in [-0.3, -0.25) is 4.79 Å². The van der Waals surface area contributed by atoms with Gasteiger partial charge in [-0.15, -0.1) is 0 Å². The zero-order valence-corrected chi connectivity index (χ0v) is 16.8. The summed E-state index contributed by atoms with van der Waals surface area (Å²) in [6, 6.07) is 8.84. The zero-order valence-electron chi connectivity index (χ0n) is 15.2. The molecule has 2 aromatic rings. The molecule has 1 aromatic carbocycles. The summed E-state index contributed by atoms with van der Waals surface area (Å²) in [4.78, 5) is 22.2. The fourth-order valence-corrected chi connectivity index (χ4v) is 6.38. The number of hydrogen-bond acceptors (Lipinski definition) is 5. The summed E-state index contributed by atoms with van der Waals surface area (Å²) >= 11 is 5.91. The normalized spacial score (nSPS) is 24.5. The van der Waals surface area contributed by atoms with E-state index in [4.69, 9.17) is 11.6 Å². The number of carbonyl (C=O) groups excluding carboxylic acids is 1. The second-order valence-electron chi connectivity index (χ2n) is 7.23. The van der Waals surface area contributed by atoms with Gasteiger partial charge in [0.2, 0.25) is 10.0 Å². The minimum Gasteiger partial charge on any atom is -0.337 e. The molecule has 28 heavy (non-hydrogen) atoms. The van der Waals surface area contributed by atoms with E-state index < -0.39 is 15.3 Å². The van der Waals surface area contributed by atoms with E-state index in [1.165, 1.54) is 12.5 Å². The summed E-state index contributed by atoms with van der Waals surface area (Å²) < 4.78 is 27.7. The van der Waals surface area contributed by atoms with Gasteiger partial charge in [-0.25, -0.2) is 18.4 Å². The predicted molar refractivity (Wildman–Crippen MR) is 105 cm³/mol. The molecular weight excluding hydrogens is 400 g/mol. The van der Waals surface area contributed by atoms with E-state index in [-0.39, 0.29) is 11.8 Å². The van der Waals surface area contributed by atoms with Crippen LogP contribution in [0.25, 0.3) is 0 Å². The molecule has 7 nitrogen and oxygen atoms in total. The van der Waals surface area contributed by atoms with Crippen LogP contribution in [-0.4, -0.2) is 58.4 Å². The first-order valence-electron chi connectivity index (χ1n) is 9.24. The van der Waals surface area contributed by atoms with Gasteiger partial charge in [0.1, 0.15) is 12.0 Å². The summed E-state index contributed by atoms with van der Waals surface area (Å²) in [6.45, 7) is 1.80. The fraction of sp³-hybridized carbons (Fsp3) is 0.421. The van der Waals surface area contributed by atoms with E-state index in [1.807, 2.05) is 12.1 Å². The first-order chi connectivity index (χ1) is 13.4. The van der Waals surface area contributed by atoms with E-state index >= 15 is 0 Å². The topological polar surface area (TPSA) is 83.5 Å². The summed E-state index contributed by atoms with van der Waals surface area (Å²) in [7, 11) is -3.40. The molecule has 2 fully saturated rings. The number of aromatic nitrogens is 2. The molecule has 3 heterocycles. The third kappa shape index (κ3) is 3.76. The van der Waals surface area contributed by atoms with Crippen molar-refractivity contribution in [3.8, 4) is 0 Å². The molecular formula is C19H21ClN4O3S. The number of benzene rings is 1. The number of amides is 1. The number of rotatable bonds is 3. The van der Waals surface area contributed by atoms with Gasteiger partial charge in [-0.05, 0) is 42.5 Å². The summed E-state index contributed by atoms with van der Waals surface area (Å²) in [5, 5.41) is 0.189. The SMILES string of the molecule is O=C(c1ccncn1)N1CC[C@@H]2CN(Cc3ccc(Cl)cc3)S(=O)(=O)[C@@H]2CC1. The van der Waals surface area contributed by atoms with Crippen LogP contribution >= 0.6 is 11.6 Å². The maximum atomic E-state index is 13.1. The van der Waals surface area contributed by atoms with Crippen LogP contribution in [0.3, 0.4) is 0 Å². The molecule has 148 valence electrons. The van der Waals surface area contributed by atoms with Crippen molar-refractivity contribution in [2.75, 3.05) is 19.6 Å². The molecule has 1 aromatic heterocycles. The summed E-state index contributed by atoms with van der Waals surface area (Å²) in [5.41, 5.74) is 1.26. The first-order valence-corrected chi connectivity index (χ1v) is 11.1. The number of carbonyl (C=O) groups is 1. The van der Waals surface area contributed by atoms with Gasteiger partial charge in [0.15, 0.2) is 0 Å². The molecule has 0 saturated carbocycles. The predicted octanol–water partition coefficient (Wildman–Crippen LogP) is 2.20. The highest BCUT2D eigenvalue weighted by Crippen LogP contribution is 2.35. The number of fused-ring (bicyclic) bond motifs is 1. The maximum absolute atomic E-state index is 13.1. The molecule has 4 rings (SSSR count). The zero-order chi connectivity index (χ0) is 19.7. The lowest BCUT2D eigenvalue weighted by molar-refractivity contribution is 0.0753. The highest BCUT2D eigenvalue weighted by atomic mass is 35.5. The van der Waals surface area contributed by atoms with Crippen LogP contribution < -0.4 is 0 Å². The average molecular weight is 421 g/mol. The number of hydrogen-bond donors (Lipinski definition) is 0. The molecule has 0 N–H and O–H groups in total. The molecule has 0 spiro atoms. The number of halogens is 1. The number of likely N-dealkylation sites (tertiary alicyclic amines) is 1. The quantitative estimate of drug-likeness (QED) is 0.760. The van der Waals surface area contributed by atoms with E-state index in [0.29, 0.717) is 49.7 Å². The van der Waals surface area contributed by atoms with Crippen LogP contribution in [0.5, 0.6) is 0 Å². The van der Waals surface area contributed by atoms with Crippen molar-refractivity contribution in [1.82, 2.24) is 19.2 Å². The minimum absolute atomic E-state index is 0.0282. The summed E-state index contributed by atoms with van der Waals surface area (Å²) in [6.07, 6.45) is 3.99. The van der Waals surface area contributed by atoms with Crippen LogP contribution in [0, 0.1) is 5.92 Å². The Balaban J connectivity index is 1.46. The van der Waals surface area contributed by atoms with E-state index in [0.717, 1.165) is 5.56 Å². The molecule has 2 saturated heterocycles. The molecule has 0 radical (unpaired) electrons. The third-order valence-corrected chi connectivity index (χ3v) is 8.16. The molecule has 0 bridgehead atoms. The van der Waals surface area contributed by atoms with Gasteiger partial charge in [0, 0.05) is 37.4 Å². The lowest BCUT2D eigenvalue weighted by Crippen LogP contribution is -2.35. The maximum Gasteiger partial charge on any atom is 0.272 e. The van der Waals surface area contributed by atoms with Crippen LogP contribution in [0.2, 0.25) is 5.02 Å². The lowest BCUT2D eigenvalue weighted by atomic mass is 10.0. The van der Waals surface area contributed by atoms with Crippen molar-refractivity contribution in [3.63, 3.8) is 0 Å². The Morgan fingerprint density at radius 1 is 1.14 bits per heavy atom. The smallest absolute Gasteiger partial charge is 0.272 e. The Morgan fingerprint density at radius 2 is 1.89 bits per heavy atom. The Morgan fingerprint density at radius 3 is 2.61 bits per heavy atom. The molecule has 0 unspecified atom stereocenters. The Labute approximate surface area is 169 Å². The fourth-order valence-electron chi connectivity index (χ4n) is 4.03. The largest absolute Gasteiger partial charge is 0.337 e. The minimum atomic E-state index is -3.40. The Bertz CT molecular complexity index is 953. The monoisotopic (exact) mass is 420 g/mol. The van der Waals surface area contributed by atoms with Crippen molar-refractivity contribution >= 4 is 27.5 Å². The number of nitrogens with zero attached hydrogens (tertiary/aromatic N) is 4. The van der Waals surface area contributed by atoms with Gasteiger partial charge in [0.25, 0.3) is 5.91 Å². The van der Waals surface area contributed by atoms with Crippen molar-refractivity contribution < 1.29 is 13.2 Å². The van der Waals surface area contributed by atoms with Gasteiger partial charge in [-0.1, -0.05) is 23.7 Å². The average Bonchev–Trinajstić information content (AvgIpc) is 2.84. The van der Waals surface area contributed by atoms with Crippen molar-refractivity contribution in [2.45, 2.75) is 24.6 Å². The molecule has 0 aliphatic carbocycles. The molecule has 2 atom stereocenters. The van der Waals surface area contributed by atoms with Gasteiger partial charge in [0.05, 0.1) is 5.25 Å². The van der Waals surface area contributed by atoms with E-state index in [1.54, 1.807) is 27.4 Å². The van der Waals surface area contributed by atoms with Crippen LogP contribution in [0.1, 0.15) is 28.9 Å². The molecule has 2 aliphatic heterocycles. The third-order valence-electron chi connectivity index (χ3n) is 5.52. The van der Waals surface area contributed by atoms with Crippen molar-refractivity contribution in [1.29, 1.82) is 0 Å². The molecule has 1 amide bonds. The van der Waals surface area contributed by atoms with E-state index in [9.17, 15) is 13.2 Å². The van der Waals surface area contributed by atoms with Crippen molar-refractivity contribution in [2.24, 2.45) is 5.92 Å². The Hall–Kier alpha value is -2.03. The summed E-state index contributed by atoms with van der Waals surface area (Å²) in [5.74, 6) is -0.140. The molecule has 2 aliphatic rings. The highest BCUT2D eigenvalue weighted by molar-refractivity contribution is 7.90. The van der Waals surface area contributed by atoms with Crippen LogP contribution in [0.4, 0.5) is 0 Å². The highest BCUT2D eigenvalue weighted by Gasteiger charge is 2.47. The standard InChI is InChI=1S/C19H21ClN4O3S/c20-16-3-1-14(2-4-16)11-24-12-15-6-9-23(10-7-18(15)28(24,26)27)19(25)17-5-8-21-13-22-17/h1-5,8,13,15,18H,6-7,9-12H2/t15-,18-/m1/s1. The van der Waals surface area contributed by atoms with Gasteiger partial charge >= 0.3 is 0 Å². The lowest BCUT2D eigenvalue weighted by Gasteiger charge is -2.22. The van der Waals surface area contributed by atoms with E-state index in [2.05, 4.69) is 9.97 Å². The second kappa shape index (κ2) is 7.77. The molecule has 9 heteroatoms. The van der Waals surface area contributed by atoms with Crippen LogP contribution in [0.15, 0.2) is 42.9 Å². The number of sulfonamides is 1. The van der Waals surface area contributed by atoms with Gasteiger partial charge < -0.3 is 4.90 Å². The van der Waals surface area contributed by atoms with Crippen molar-refractivity contribution in [3.05, 3.63) is 59.1 Å². The second-order valence-corrected chi connectivity index (χ2v) is 9.81. The first kappa shape index (κ1) is 19.3.